The average Bonchev–Trinajstić information content (AvgIpc) is 1.62. The van der Waals surface area contributed by atoms with Gasteiger partial charge >= 0.3 is 0 Å². The molecule has 1 aliphatic rings. The highest BCUT2D eigenvalue weighted by molar-refractivity contribution is 5.77. The van der Waals surface area contributed by atoms with Crippen molar-refractivity contribution in [2.45, 2.75) is 6.42 Å². The maximum absolute atomic E-state index is 8.09. The molecule has 1 heterocycles. The van der Waals surface area contributed by atoms with Crippen LogP contribution >= 0.6 is 0 Å². The molecule has 4 nitrogen and oxygen atoms in total. The predicted octanol–water partition coefficient (Wildman–Crippen LogP) is -0.604. The quantitative estimate of drug-likeness (QED) is 0.192. The fourth-order valence-corrected chi connectivity index (χ4v) is 0.609. The van der Waals surface area contributed by atoms with Gasteiger partial charge in [-0.1, -0.05) is 5.16 Å². The first kappa shape index (κ1) is 5.21. The summed E-state index contributed by atoms with van der Waals surface area (Å²) in [6, 6.07) is 0. The Morgan fingerprint density at radius 2 is 2.25 bits per heavy atom. The monoisotopic (exact) mass is 115 g/mol. The summed E-state index contributed by atoms with van der Waals surface area (Å²) in [5.74, 6) is 0.233. The Kier molecular flexibility index (Phi) is 1.24. The molecule has 0 radical (unpaired) electrons. The summed E-state index contributed by atoms with van der Waals surface area (Å²) >= 11 is 0. The molecule has 0 bridgehead atoms. The zero-order chi connectivity index (χ0) is 5.98. The van der Waals surface area contributed by atoms with E-state index in [1.165, 1.54) is 0 Å². The number of hydrogen-bond acceptors (Lipinski definition) is 2. The smallest absolute Gasteiger partial charge is 0.233 e. The van der Waals surface area contributed by atoms with E-state index < -0.39 is 0 Å². The van der Waals surface area contributed by atoms with Crippen molar-refractivity contribution in [3.63, 3.8) is 0 Å². The van der Waals surface area contributed by atoms with E-state index in [4.69, 9.17) is 10.9 Å². The summed E-state index contributed by atoms with van der Waals surface area (Å²) in [6.07, 6.45) is 1.15. The van der Waals surface area contributed by atoms with Gasteiger partial charge in [-0.2, -0.15) is 0 Å². The van der Waals surface area contributed by atoms with Crippen LogP contribution in [-0.4, -0.2) is 29.2 Å². The van der Waals surface area contributed by atoms with Crippen LogP contribution in [0.4, 0.5) is 0 Å². The van der Waals surface area contributed by atoms with Crippen LogP contribution in [0.15, 0.2) is 5.16 Å². The van der Waals surface area contributed by atoms with Crippen molar-refractivity contribution < 1.29 is 5.21 Å². The maximum Gasteiger partial charge on any atom is 0.233 e. The summed E-state index contributed by atoms with van der Waals surface area (Å²) in [5, 5.41) is 10.9. The van der Waals surface area contributed by atoms with E-state index in [2.05, 4.69) is 5.16 Å². The summed E-state index contributed by atoms with van der Waals surface area (Å²) < 4.78 is 0. The Hall–Kier alpha value is -0.930. The minimum absolute atomic E-state index is 0.233. The van der Waals surface area contributed by atoms with Gasteiger partial charge in [-0.15, -0.1) is 0 Å². The standard InChI is InChI=1S/C4H9N3O/c5-4(6-8)7-2-1-3-7/h8H,1-3H2,(H2,5,6). The molecule has 0 amide bonds. The Labute approximate surface area is 47.6 Å². The third-order valence-electron chi connectivity index (χ3n) is 1.28. The first-order valence-corrected chi connectivity index (χ1v) is 2.57. The van der Waals surface area contributed by atoms with E-state index in [1.54, 1.807) is 4.90 Å². The number of hydrogen-bond donors (Lipinski definition) is 2. The maximum atomic E-state index is 8.09. The van der Waals surface area contributed by atoms with E-state index in [-0.39, 0.29) is 5.96 Å². The normalized spacial score (nSPS) is 20.5. The van der Waals surface area contributed by atoms with Crippen molar-refractivity contribution in [3.8, 4) is 0 Å². The van der Waals surface area contributed by atoms with Crippen molar-refractivity contribution in [2.75, 3.05) is 13.1 Å². The van der Waals surface area contributed by atoms with Crippen molar-refractivity contribution >= 4 is 5.96 Å². The minimum Gasteiger partial charge on any atom is -0.408 e. The van der Waals surface area contributed by atoms with Crippen LogP contribution in [0.3, 0.4) is 0 Å². The number of guanidine groups is 1. The zero-order valence-electron chi connectivity index (χ0n) is 4.54. The van der Waals surface area contributed by atoms with Crippen molar-refractivity contribution in [3.05, 3.63) is 0 Å². The van der Waals surface area contributed by atoms with Gasteiger partial charge in [0.2, 0.25) is 5.96 Å². The molecule has 0 atom stereocenters. The molecule has 8 heavy (non-hydrogen) atoms. The second-order valence-electron chi connectivity index (χ2n) is 1.80. The van der Waals surface area contributed by atoms with E-state index >= 15 is 0 Å². The highest BCUT2D eigenvalue weighted by atomic mass is 16.4. The van der Waals surface area contributed by atoms with E-state index in [0.717, 1.165) is 19.5 Å². The molecule has 0 saturated carbocycles. The van der Waals surface area contributed by atoms with E-state index in [1.807, 2.05) is 0 Å². The molecule has 1 aliphatic heterocycles. The molecular formula is C4H9N3O. The number of likely N-dealkylation sites (tertiary alicyclic amines) is 1. The van der Waals surface area contributed by atoms with Crippen molar-refractivity contribution in [1.29, 1.82) is 0 Å². The highest BCUT2D eigenvalue weighted by Crippen LogP contribution is 2.03. The Balaban J connectivity index is 2.34. The third-order valence-corrected chi connectivity index (χ3v) is 1.28. The number of nitrogens with zero attached hydrogens (tertiary/aromatic N) is 2. The fraction of sp³-hybridized carbons (Fsp3) is 0.750. The Morgan fingerprint density at radius 3 is 2.38 bits per heavy atom. The van der Waals surface area contributed by atoms with E-state index in [9.17, 15) is 0 Å². The second kappa shape index (κ2) is 1.90. The highest BCUT2D eigenvalue weighted by Gasteiger charge is 2.15. The molecule has 3 N–H and O–H groups in total. The minimum atomic E-state index is 0.233. The van der Waals surface area contributed by atoms with Crippen LogP contribution in [-0.2, 0) is 0 Å². The molecule has 0 aromatic rings. The molecule has 4 heteroatoms. The predicted molar refractivity (Wildman–Crippen MR) is 29.6 cm³/mol. The number of rotatable bonds is 0. The van der Waals surface area contributed by atoms with Crippen molar-refractivity contribution in [1.82, 2.24) is 4.90 Å². The first-order chi connectivity index (χ1) is 3.84. The molecule has 0 spiro atoms. The largest absolute Gasteiger partial charge is 0.408 e. The van der Waals surface area contributed by atoms with Gasteiger partial charge in [-0.3, -0.25) is 0 Å². The average molecular weight is 115 g/mol. The lowest BCUT2D eigenvalue weighted by atomic mass is 10.2. The zero-order valence-corrected chi connectivity index (χ0v) is 4.54. The van der Waals surface area contributed by atoms with Gasteiger partial charge in [0.15, 0.2) is 0 Å². The molecule has 0 unspecified atom stereocenters. The van der Waals surface area contributed by atoms with Crippen LogP contribution in [0.5, 0.6) is 0 Å². The van der Waals surface area contributed by atoms with Crippen LogP contribution < -0.4 is 5.73 Å². The number of oxime groups is 1. The van der Waals surface area contributed by atoms with Gasteiger partial charge in [-0.05, 0) is 6.42 Å². The van der Waals surface area contributed by atoms with Crippen LogP contribution in [0, 0.1) is 0 Å². The molecule has 1 saturated heterocycles. The molecule has 46 valence electrons. The topological polar surface area (TPSA) is 61.9 Å². The van der Waals surface area contributed by atoms with Gasteiger partial charge in [0.25, 0.3) is 0 Å². The molecule has 0 aliphatic carbocycles. The molecule has 0 aromatic carbocycles. The van der Waals surface area contributed by atoms with Gasteiger partial charge in [-0.25, -0.2) is 0 Å². The summed E-state index contributed by atoms with van der Waals surface area (Å²) in [5.41, 5.74) is 5.20. The second-order valence-corrected chi connectivity index (χ2v) is 1.80. The van der Waals surface area contributed by atoms with Gasteiger partial charge in [0, 0.05) is 13.1 Å². The molecule has 1 fully saturated rings. The van der Waals surface area contributed by atoms with Crippen LogP contribution in [0.25, 0.3) is 0 Å². The fourth-order valence-electron chi connectivity index (χ4n) is 0.609. The molecule has 1 rings (SSSR count). The Morgan fingerprint density at radius 1 is 1.62 bits per heavy atom. The van der Waals surface area contributed by atoms with Gasteiger partial charge < -0.3 is 15.8 Å². The van der Waals surface area contributed by atoms with Gasteiger partial charge in [0.05, 0.1) is 0 Å². The van der Waals surface area contributed by atoms with Gasteiger partial charge in [0.1, 0.15) is 0 Å². The molecule has 0 aromatic heterocycles. The third kappa shape index (κ3) is 0.685. The lowest BCUT2D eigenvalue weighted by Crippen LogP contribution is -2.46. The van der Waals surface area contributed by atoms with Crippen LogP contribution in [0.1, 0.15) is 6.42 Å². The SMILES string of the molecule is N/C(=N\O)N1CCC1. The lowest BCUT2D eigenvalue weighted by molar-refractivity contribution is 0.259. The van der Waals surface area contributed by atoms with Crippen molar-refractivity contribution in [2.24, 2.45) is 10.9 Å². The lowest BCUT2D eigenvalue weighted by Gasteiger charge is -2.30. The number of nitrogens with two attached hydrogens (primary N) is 1. The molecular weight excluding hydrogens is 106 g/mol. The Bertz CT molecular complexity index is 108. The van der Waals surface area contributed by atoms with E-state index in [0.29, 0.717) is 0 Å². The van der Waals surface area contributed by atoms with Crippen LogP contribution in [0.2, 0.25) is 0 Å². The summed E-state index contributed by atoms with van der Waals surface area (Å²) in [7, 11) is 0. The summed E-state index contributed by atoms with van der Waals surface area (Å²) in [6.45, 7) is 1.85. The summed E-state index contributed by atoms with van der Waals surface area (Å²) in [4.78, 5) is 1.81. The first-order valence-electron chi connectivity index (χ1n) is 2.57.